The van der Waals surface area contributed by atoms with Gasteiger partial charge in [-0.2, -0.15) is 0 Å². The fraction of sp³-hybridized carbons (Fsp3) is 0.462. The number of nitrogens with one attached hydrogen (secondary N) is 1. The van der Waals surface area contributed by atoms with Crippen LogP contribution in [0.2, 0.25) is 0 Å². The molecule has 1 atom stereocenters. The van der Waals surface area contributed by atoms with Crippen molar-refractivity contribution < 1.29 is 26.8 Å². The lowest BCUT2D eigenvalue weighted by atomic mass is 10.1. The molecule has 2 amide bonds. The molecular formula is C26H35F2N3O4S. The Kier molecular flexibility index (Phi) is 10.8. The number of sulfonamides is 1. The molecule has 2 rings (SSSR count). The monoisotopic (exact) mass is 523 g/mol. The second kappa shape index (κ2) is 13.3. The number of carbonyl (C=O) groups is 2. The highest BCUT2D eigenvalue weighted by Crippen LogP contribution is 2.21. The topological polar surface area (TPSA) is 86.8 Å². The van der Waals surface area contributed by atoms with E-state index in [1.807, 2.05) is 51.1 Å². The quantitative estimate of drug-likeness (QED) is 0.432. The van der Waals surface area contributed by atoms with Gasteiger partial charge in [0, 0.05) is 31.6 Å². The molecule has 0 saturated carbocycles. The van der Waals surface area contributed by atoms with Crippen LogP contribution in [0.25, 0.3) is 0 Å². The second-order valence-corrected chi connectivity index (χ2v) is 10.9. The summed E-state index contributed by atoms with van der Waals surface area (Å²) in [6, 6.07) is 11.7. The highest BCUT2D eigenvalue weighted by Gasteiger charge is 2.29. The van der Waals surface area contributed by atoms with E-state index in [1.165, 1.54) is 6.07 Å². The SMILES string of the molecule is CCC(C(=O)NC(C)C)N(CCc1ccccc1)C(=O)CCCN(c1ccc(F)c(F)c1)S(C)(=O)=O. The Morgan fingerprint density at radius 2 is 1.67 bits per heavy atom. The summed E-state index contributed by atoms with van der Waals surface area (Å²) in [4.78, 5) is 27.7. The van der Waals surface area contributed by atoms with Crippen LogP contribution >= 0.6 is 0 Å². The maximum atomic E-state index is 13.7. The minimum atomic E-state index is -3.80. The first-order chi connectivity index (χ1) is 16.9. The molecule has 0 aliphatic rings. The van der Waals surface area contributed by atoms with Crippen molar-refractivity contribution in [2.24, 2.45) is 0 Å². The number of hydrogen-bond donors (Lipinski definition) is 1. The minimum Gasteiger partial charge on any atom is -0.352 e. The van der Waals surface area contributed by atoms with Gasteiger partial charge in [0.1, 0.15) is 6.04 Å². The summed E-state index contributed by atoms with van der Waals surface area (Å²) in [6.07, 6.45) is 2.06. The van der Waals surface area contributed by atoms with Crippen LogP contribution in [-0.4, -0.2) is 56.6 Å². The van der Waals surface area contributed by atoms with Crippen molar-refractivity contribution in [3.63, 3.8) is 0 Å². The van der Waals surface area contributed by atoms with Gasteiger partial charge in [0.2, 0.25) is 21.8 Å². The van der Waals surface area contributed by atoms with Gasteiger partial charge in [0.25, 0.3) is 0 Å². The number of halogens is 2. The first-order valence-electron chi connectivity index (χ1n) is 12.0. The van der Waals surface area contributed by atoms with E-state index in [0.29, 0.717) is 19.4 Å². The van der Waals surface area contributed by atoms with Crippen LogP contribution in [0.5, 0.6) is 0 Å². The predicted octanol–water partition coefficient (Wildman–Crippen LogP) is 3.89. The van der Waals surface area contributed by atoms with Gasteiger partial charge in [-0.15, -0.1) is 0 Å². The maximum absolute atomic E-state index is 13.7. The zero-order chi connectivity index (χ0) is 26.9. The smallest absolute Gasteiger partial charge is 0.242 e. The summed E-state index contributed by atoms with van der Waals surface area (Å²) < 4.78 is 52.6. The van der Waals surface area contributed by atoms with Gasteiger partial charge in [-0.3, -0.25) is 13.9 Å². The zero-order valence-electron chi connectivity index (χ0n) is 21.2. The number of hydrogen-bond acceptors (Lipinski definition) is 4. The highest BCUT2D eigenvalue weighted by atomic mass is 32.2. The molecule has 10 heteroatoms. The van der Waals surface area contributed by atoms with Crippen LogP contribution in [0, 0.1) is 11.6 Å². The van der Waals surface area contributed by atoms with Crippen molar-refractivity contribution in [3.8, 4) is 0 Å². The zero-order valence-corrected chi connectivity index (χ0v) is 22.0. The summed E-state index contributed by atoms with van der Waals surface area (Å²) in [5.74, 6) is -2.77. The lowest BCUT2D eigenvalue weighted by Gasteiger charge is -2.31. The molecule has 1 unspecified atom stereocenters. The predicted molar refractivity (Wildman–Crippen MR) is 137 cm³/mol. The standard InChI is InChI=1S/C26H35F2N3O4S/c1-5-24(26(33)29-19(2)3)30(17-15-20-10-7-6-8-11-20)25(32)12-9-16-31(36(4,34)35)21-13-14-22(27)23(28)18-21/h6-8,10-11,13-14,18-19,24H,5,9,12,15-17H2,1-4H3,(H,29,33). The van der Waals surface area contributed by atoms with Crippen LogP contribution in [0.3, 0.4) is 0 Å². The number of rotatable bonds is 13. The molecule has 36 heavy (non-hydrogen) atoms. The molecule has 0 aliphatic heterocycles. The number of amides is 2. The largest absolute Gasteiger partial charge is 0.352 e. The van der Waals surface area contributed by atoms with Gasteiger partial charge in [0.05, 0.1) is 11.9 Å². The molecule has 7 nitrogen and oxygen atoms in total. The summed E-state index contributed by atoms with van der Waals surface area (Å²) in [5, 5.41) is 2.87. The lowest BCUT2D eigenvalue weighted by molar-refractivity contribution is -0.141. The Morgan fingerprint density at radius 3 is 2.22 bits per heavy atom. The van der Waals surface area contributed by atoms with Gasteiger partial charge in [0.15, 0.2) is 11.6 Å². The van der Waals surface area contributed by atoms with Gasteiger partial charge in [-0.05, 0) is 50.8 Å². The van der Waals surface area contributed by atoms with Crippen LogP contribution in [0.4, 0.5) is 14.5 Å². The fourth-order valence-corrected chi connectivity index (χ4v) is 4.88. The van der Waals surface area contributed by atoms with Crippen molar-refractivity contribution >= 4 is 27.5 Å². The van der Waals surface area contributed by atoms with E-state index in [2.05, 4.69) is 5.32 Å². The first kappa shape index (κ1) is 29.2. The molecule has 2 aromatic carbocycles. The third kappa shape index (κ3) is 8.58. The Labute approximate surface area is 212 Å². The lowest BCUT2D eigenvalue weighted by Crippen LogP contribution is -2.51. The molecular weight excluding hydrogens is 488 g/mol. The van der Waals surface area contributed by atoms with Crippen LogP contribution in [0.15, 0.2) is 48.5 Å². The molecule has 0 bridgehead atoms. The average molecular weight is 524 g/mol. The van der Waals surface area contributed by atoms with Gasteiger partial charge in [-0.1, -0.05) is 37.3 Å². The molecule has 0 fully saturated rings. The van der Waals surface area contributed by atoms with Crippen molar-refractivity contribution in [2.75, 3.05) is 23.7 Å². The number of carbonyl (C=O) groups excluding carboxylic acids is 2. The molecule has 2 aromatic rings. The summed E-state index contributed by atoms with van der Waals surface area (Å²) in [5.41, 5.74) is 1.00. The Hall–Kier alpha value is -3.01. The van der Waals surface area contributed by atoms with E-state index >= 15 is 0 Å². The minimum absolute atomic E-state index is 0.0179. The van der Waals surface area contributed by atoms with Crippen molar-refractivity contribution in [3.05, 3.63) is 65.7 Å². The molecule has 0 radical (unpaired) electrons. The summed E-state index contributed by atoms with van der Waals surface area (Å²) >= 11 is 0. The maximum Gasteiger partial charge on any atom is 0.242 e. The van der Waals surface area contributed by atoms with E-state index < -0.39 is 27.7 Å². The molecule has 0 aliphatic carbocycles. The molecule has 0 heterocycles. The van der Waals surface area contributed by atoms with Gasteiger partial charge < -0.3 is 10.2 Å². The van der Waals surface area contributed by atoms with E-state index in [0.717, 1.165) is 28.3 Å². The van der Waals surface area contributed by atoms with E-state index in [1.54, 1.807) is 4.90 Å². The van der Waals surface area contributed by atoms with E-state index in [-0.39, 0.29) is 42.9 Å². The van der Waals surface area contributed by atoms with Crippen LogP contribution in [0.1, 0.15) is 45.6 Å². The number of nitrogens with zero attached hydrogens (tertiary/aromatic N) is 2. The van der Waals surface area contributed by atoms with E-state index in [4.69, 9.17) is 0 Å². The Balaban J connectivity index is 2.17. The number of benzene rings is 2. The van der Waals surface area contributed by atoms with Gasteiger partial charge >= 0.3 is 0 Å². The van der Waals surface area contributed by atoms with Crippen molar-refractivity contribution in [2.45, 2.75) is 58.5 Å². The van der Waals surface area contributed by atoms with E-state index in [9.17, 15) is 26.8 Å². The van der Waals surface area contributed by atoms with Crippen molar-refractivity contribution in [1.29, 1.82) is 0 Å². The third-order valence-corrected chi connectivity index (χ3v) is 6.84. The second-order valence-electron chi connectivity index (χ2n) is 8.95. The molecule has 0 spiro atoms. The summed E-state index contributed by atoms with van der Waals surface area (Å²) in [6.45, 7) is 5.75. The normalized spacial score (nSPS) is 12.3. The fourth-order valence-electron chi connectivity index (χ4n) is 3.92. The highest BCUT2D eigenvalue weighted by molar-refractivity contribution is 7.92. The average Bonchev–Trinajstić information content (AvgIpc) is 2.80. The van der Waals surface area contributed by atoms with Crippen LogP contribution in [-0.2, 0) is 26.0 Å². The summed E-state index contributed by atoms with van der Waals surface area (Å²) in [7, 11) is -3.80. The molecule has 0 saturated heterocycles. The van der Waals surface area contributed by atoms with Gasteiger partial charge in [-0.25, -0.2) is 17.2 Å². The molecule has 198 valence electrons. The third-order valence-electron chi connectivity index (χ3n) is 5.64. The van der Waals surface area contributed by atoms with Crippen molar-refractivity contribution in [1.82, 2.24) is 10.2 Å². The first-order valence-corrected chi connectivity index (χ1v) is 13.8. The Bertz CT molecular complexity index is 1130. The Morgan fingerprint density at radius 1 is 1.00 bits per heavy atom. The van der Waals surface area contributed by atoms with Crippen LogP contribution < -0.4 is 9.62 Å². The number of anilines is 1. The molecule has 1 N–H and O–H groups in total. The molecule has 0 aromatic heterocycles.